The van der Waals surface area contributed by atoms with Crippen molar-refractivity contribution < 1.29 is 14.3 Å². The van der Waals surface area contributed by atoms with E-state index in [1.54, 1.807) is 29.2 Å². The van der Waals surface area contributed by atoms with Crippen molar-refractivity contribution in [2.24, 2.45) is 5.73 Å². The van der Waals surface area contributed by atoms with E-state index in [0.717, 1.165) is 25.1 Å². The number of nitrogens with zero attached hydrogens (tertiary/aromatic N) is 5. The third-order valence-electron chi connectivity index (χ3n) is 6.52. The molecule has 2 fully saturated rings. The fourth-order valence-corrected chi connectivity index (χ4v) is 4.67. The number of carbonyl (C=O) groups excluding carboxylic acids is 2. The van der Waals surface area contributed by atoms with Crippen LogP contribution >= 0.6 is 11.6 Å². The monoisotopic (exact) mass is 536 g/mol. The van der Waals surface area contributed by atoms with Crippen molar-refractivity contribution in [1.82, 2.24) is 20.1 Å². The summed E-state index contributed by atoms with van der Waals surface area (Å²) < 4.78 is 5.32. The highest BCUT2D eigenvalue weighted by Crippen LogP contribution is 2.24. The number of anilines is 4. The smallest absolute Gasteiger partial charge is 0.273 e. The van der Waals surface area contributed by atoms with E-state index < -0.39 is 5.91 Å². The van der Waals surface area contributed by atoms with E-state index in [1.807, 2.05) is 29.2 Å². The molecule has 3 aromatic rings. The number of piperidine rings is 1. The molecule has 0 spiro atoms. The molecule has 2 aliphatic rings. The van der Waals surface area contributed by atoms with Crippen molar-refractivity contribution in [2.75, 3.05) is 54.9 Å². The van der Waals surface area contributed by atoms with Gasteiger partial charge in [-0.1, -0.05) is 11.6 Å². The lowest BCUT2D eigenvalue weighted by Gasteiger charge is -2.33. The largest absolute Gasteiger partial charge is 0.381 e. The van der Waals surface area contributed by atoms with Gasteiger partial charge < -0.3 is 30.9 Å². The lowest BCUT2D eigenvalue weighted by molar-refractivity contribution is 0.0303. The Kier molecular flexibility index (Phi) is 7.85. The van der Waals surface area contributed by atoms with Crippen LogP contribution in [-0.2, 0) is 4.74 Å². The molecule has 2 amide bonds. The highest BCUT2D eigenvalue weighted by molar-refractivity contribution is 6.30. The first-order valence-electron chi connectivity index (χ1n) is 12.5. The number of carbonyl (C=O) groups is 2. The Labute approximate surface area is 225 Å². The molecule has 1 atom stereocenters. The second-order valence-electron chi connectivity index (χ2n) is 9.22. The summed E-state index contributed by atoms with van der Waals surface area (Å²) in [6.45, 7) is 3.65. The number of amides is 2. The maximum Gasteiger partial charge on any atom is 0.273 e. The Morgan fingerprint density at radius 3 is 2.39 bits per heavy atom. The van der Waals surface area contributed by atoms with Gasteiger partial charge in [0.05, 0.1) is 13.2 Å². The van der Waals surface area contributed by atoms with Crippen LogP contribution in [-0.4, -0.2) is 77.3 Å². The van der Waals surface area contributed by atoms with Crippen molar-refractivity contribution in [2.45, 2.75) is 18.9 Å². The van der Waals surface area contributed by atoms with Crippen molar-refractivity contribution in [1.29, 1.82) is 0 Å². The van der Waals surface area contributed by atoms with E-state index >= 15 is 0 Å². The fourth-order valence-electron chi connectivity index (χ4n) is 4.54. The predicted octanol–water partition coefficient (Wildman–Crippen LogP) is 2.92. The number of primary amides is 1. The number of hydrogen-bond acceptors (Lipinski definition) is 9. The van der Waals surface area contributed by atoms with E-state index in [2.05, 4.69) is 25.8 Å². The summed E-state index contributed by atoms with van der Waals surface area (Å²) in [7, 11) is 0. The molecule has 0 saturated carbocycles. The number of morpholine rings is 1. The van der Waals surface area contributed by atoms with Crippen LogP contribution in [0, 0.1) is 0 Å². The summed E-state index contributed by atoms with van der Waals surface area (Å²) in [6.07, 6.45) is 1.93. The van der Waals surface area contributed by atoms with E-state index in [4.69, 9.17) is 22.1 Å². The fraction of sp³-hybridized carbons (Fsp3) is 0.346. The molecule has 2 aliphatic heterocycles. The summed E-state index contributed by atoms with van der Waals surface area (Å²) in [5.41, 5.74) is 7.68. The zero-order chi connectivity index (χ0) is 26.5. The van der Waals surface area contributed by atoms with Gasteiger partial charge in [0.15, 0.2) is 11.5 Å². The molecular formula is C26H29ClN8O3. The molecule has 11 nitrogen and oxygen atoms in total. The van der Waals surface area contributed by atoms with E-state index in [1.165, 1.54) is 0 Å². The normalized spacial score (nSPS) is 17.7. The maximum atomic E-state index is 12.7. The number of nitrogens with one attached hydrogen (secondary N) is 2. The molecule has 0 bridgehead atoms. The Bertz CT molecular complexity index is 1280. The summed E-state index contributed by atoms with van der Waals surface area (Å²) in [4.78, 5) is 33.2. The van der Waals surface area contributed by atoms with Crippen LogP contribution in [0.1, 0.15) is 33.7 Å². The summed E-state index contributed by atoms with van der Waals surface area (Å²) in [5.74, 6) is -0.170. The molecule has 198 valence electrons. The van der Waals surface area contributed by atoms with Crippen LogP contribution in [0.2, 0.25) is 5.02 Å². The average molecular weight is 537 g/mol. The van der Waals surface area contributed by atoms with Gasteiger partial charge in [0.25, 0.3) is 11.8 Å². The summed E-state index contributed by atoms with van der Waals surface area (Å²) in [5, 5.41) is 15.6. The van der Waals surface area contributed by atoms with Gasteiger partial charge in [0.1, 0.15) is 0 Å². The quantitative estimate of drug-likeness (QED) is 0.416. The van der Waals surface area contributed by atoms with Crippen LogP contribution in [0.5, 0.6) is 0 Å². The van der Waals surface area contributed by atoms with Gasteiger partial charge >= 0.3 is 0 Å². The molecule has 0 aliphatic carbocycles. The molecule has 38 heavy (non-hydrogen) atoms. The highest BCUT2D eigenvalue weighted by atomic mass is 35.5. The molecule has 12 heteroatoms. The van der Waals surface area contributed by atoms with Gasteiger partial charge in [-0.3, -0.25) is 9.59 Å². The standard InChI is InChI=1S/C26H29ClN8O3/c27-18-5-9-19(10-6-18)29-21-2-1-11-35(16-21)26-31-24(22(23(28)36)32-33-26)30-20-7-3-17(4-8-20)25(37)34-12-14-38-15-13-34/h3-10,21,29H,1-2,11-16H2,(H2,28,36)(H,30,31,33). The Balaban J connectivity index is 1.30. The minimum atomic E-state index is -0.737. The van der Waals surface area contributed by atoms with Crippen molar-refractivity contribution in [3.05, 3.63) is 64.8 Å². The minimum Gasteiger partial charge on any atom is -0.381 e. The lowest BCUT2D eigenvalue weighted by Crippen LogP contribution is -2.43. The molecule has 4 N–H and O–H groups in total. The third kappa shape index (κ3) is 6.12. The highest BCUT2D eigenvalue weighted by Gasteiger charge is 2.24. The summed E-state index contributed by atoms with van der Waals surface area (Å²) >= 11 is 6.00. The van der Waals surface area contributed by atoms with Crippen molar-refractivity contribution in [3.8, 4) is 0 Å². The number of benzene rings is 2. The summed E-state index contributed by atoms with van der Waals surface area (Å²) in [6, 6.07) is 14.8. The zero-order valence-corrected chi connectivity index (χ0v) is 21.5. The minimum absolute atomic E-state index is 0.0458. The molecule has 1 aromatic heterocycles. The van der Waals surface area contributed by atoms with Gasteiger partial charge in [0.2, 0.25) is 5.95 Å². The predicted molar refractivity (Wildman–Crippen MR) is 145 cm³/mol. The number of aromatic nitrogens is 3. The second kappa shape index (κ2) is 11.6. The zero-order valence-electron chi connectivity index (χ0n) is 20.8. The SMILES string of the molecule is NC(=O)c1nnc(N2CCCC(Nc3ccc(Cl)cc3)C2)nc1Nc1ccc(C(=O)N2CCOCC2)cc1. The lowest BCUT2D eigenvalue weighted by atomic mass is 10.1. The number of rotatable bonds is 7. The van der Waals surface area contributed by atoms with E-state index in [9.17, 15) is 9.59 Å². The van der Waals surface area contributed by atoms with Crippen LogP contribution in [0.15, 0.2) is 48.5 Å². The number of nitrogens with two attached hydrogens (primary N) is 1. The van der Waals surface area contributed by atoms with Gasteiger partial charge in [0, 0.05) is 54.2 Å². The third-order valence-corrected chi connectivity index (χ3v) is 6.77. The Morgan fingerprint density at radius 1 is 0.974 bits per heavy atom. The van der Waals surface area contributed by atoms with Crippen LogP contribution < -0.4 is 21.3 Å². The molecule has 2 aromatic carbocycles. The van der Waals surface area contributed by atoms with Crippen molar-refractivity contribution >= 4 is 46.6 Å². The molecule has 2 saturated heterocycles. The molecular weight excluding hydrogens is 508 g/mol. The average Bonchev–Trinajstić information content (AvgIpc) is 2.95. The van der Waals surface area contributed by atoms with E-state index in [0.29, 0.717) is 55.1 Å². The molecule has 5 rings (SSSR count). The van der Waals surface area contributed by atoms with Gasteiger partial charge in [-0.25, -0.2) is 0 Å². The first kappa shape index (κ1) is 25.7. The molecule has 3 heterocycles. The first-order chi connectivity index (χ1) is 18.5. The van der Waals surface area contributed by atoms with E-state index in [-0.39, 0.29) is 23.5 Å². The van der Waals surface area contributed by atoms with Gasteiger partial charge in [-0.15, -0.1) is 10.2 Å². The van der Waals surface area contributed by atoms with Crippen LogP contribution in [0.4, 0.5) is 23.1 Å². The van der Waals surface area contributed by atoms with Crippen LogP contribution in [0.25, 0.3) is 0 Å². The number of halogens is 1. The topological polar surface area (TPSA) is 139 Å². The maximum absolute atomic E-state index is 12.7. The second-order valence-corrected chi connectivity index (χ2v) is 9.65. The van der Waals surface area contributed by atoms with Crippen molar-refractivity contribution in [3.63, 3.8) is 0 Å². The molecule has 0 radical (unpaired) electrons. The van der Waals surface area contributed by atoms with Crippen LogP contribution in [0.3, 0.4) is 0 Å². The van der Waals surface area contributed by atoms with Gasteiger partial charge in [-0.2, -0.15) is 4.98 Å². The first-order valence-corrected chi connectivity index (χ1v) is 12.9. The Morgan fingerprint density at radius 2 is 1.68 bits per heavy atom. The van der Waals surface area contributed by atoms with Gasteiger partial charge in [-0.05, 0) is 61.4 Å². The Hall–Kier alpha value is -3.96. The molecule has 1 unspecified atom stereocenters. The number of hydrogen-bond donors (Lipinski definition) is 3. The number of ether oxygens (including phenoxy) is 1.